The summed E-state index contributed by atoms with van der Waals surface area (Å²) in [4.78, 5) is 0.354. The Hall–Kier alpha value is -0.940. The molecule has 1 aliphatic rings. The van der Waals surface area contributed by atoms with Gasteiger partial charge in [0.15, 0.2) is 0 Å². The summed E-state index contributed by atoms with van der Waals surface area (Å²) in [5.74, 6) is 0. The van der Waals surface area contributed by atoms with E-state index >= 15 is 0 Å². The minimum Gasteiger partial charge on any atom is -0.389 e. The Morgan fingerprint density at radius 1 is 1.53 bits per heavy atom. The van der Waals surface area contributed by atoms with Crippen molar-refractivity contribution in [3.63, 3.8) is 0 Å². The van der Waals surface area contributed by atoms with Crippen molar-refractivity contribution >= 4 is 21.4 Å². The molecule has 1 aliphatic carbocycles. The summed E-state index contributed by atoms with van der Waals surface area (Å²) >= 11 is 0.923. The molecular formula is C10H12N2O3S2. The second-order valence-corrected chi connectivity index (χ2v) is 7.21. The quantitative estimate of drug-likeness (QED) is 0.848. The largest absolute Gasteiger partial charge is 0.389 e. The zero-order valence-corrected chi connectivity index (χ0v) is 10.6. The molecule has 1 saturated carbocycles. The van der Waals surface area contributed by atoms with Crippen LogP contribution >= 0.6 is 11.3 Å². The molecule has 0 aromatic carbocycles. The van der Waals surface area contributed by atoms with Crippen LogP contribution in [0.5, 0.6) is 0 Å². The standard InChI is InChI=1S/C10H12N2O3S2/c11-6-8-2-3-9(16-8)17(14,15)12-7-10(13)4-1-5-10/h2-3,12-13H,1,4-5,7H2. The molecule has 1 aromatic rings. The summed E-state index contributed by atoms with van der Waals surface area (Å²) in [7, 11) is -3.60. The lowest BCUT2D eigenvalue weighted by atomic mass is 9.81. The van der Waals surface area contributed by atoms with Crippen LogP contribution < -0.4 is 4.72 Å². The summed E-state index contributed by atoms with van der Waals surface area (Å²) in [6, 6.07) is 4.76. The number of sulfonamides is 1. The van der Waals surface area contributed by atoms with Crippen molar-refractivity contribution in [2.45, 2.75) is 29.1 Å². The topological polar surface area (TPSA) is 90.2 Å². The van der Waals surface area contributed by atoms with Crippen molar-refractivity contribution < 1.29 is 13.5 Å². The van der Waals surface area contributed by atoms with Crippen LogP contribution in [0.2, 0.25) is 0 Å². The monoisotopic (exact) mass is 272 g/mol. The van der Waals surface area contributed by atoms with E-state index in [9.17, 15) is 13.5 Å². The number of hydrogen-bond donors (Lipinski definition) is 2. The van der Waals surface area contributed by atoms with E-state index in [1.54, 1.807) is 0 Å². The fourth-order valence-electron chi connectivity index (χ4n) is 1.59. The van der Waals surface area contributed by atoms with Crippen LogP contribution in [0.15, 0.2) is 16.3 Å². The number of thiophene rings is 1. The van der Waals surface area contributed by atoms with Crippen molar-refractivity contribution in [3.8, 4) is 6.07 Å². The summed E-state index contributed by atoms with van der Waals surface area (Å²) in [6.45, 7) is 0.0368. The minimum atomic E-state index is -3.60. The van der Waals surface area contributed by atoms with Gasteiger partial charge in [0.1, 0.15) is 15.2 Å². The molecule has 2 rings (SSSR count). The molecule has 17 heavy (non-hydrogen) atoms. The van der Waals surface area contributed by atoms with Crippen molar-refractivity contribution in [3.05, 3.63) is 17.0 Å². The van der Waals surface area contributed by atoms with Crippen molar-refractivity contribution in [1.82, 2.24) is 4.72 Å². The normalized spacial score (nSPS) is 18.4. The summed E-state index contributed by atoms with van der Waals surface area (Å²) in [5, 5.41) is 18.4. The lowest BCUT2D eigenvalue weighted by Gasteiger charge is -2.36. The van der Waals surface area contributed by atoms with Gasteiger partial charge >= 0.3 is 0 Å². The van der Waals surface area contributed by atoms with Gasteiger partial charge in [-0.15, -0.1) is 11.3 Å². The average Bonchev–Trinajstić information content (AvgIpc) is 2.73. The Morgan fingerprint density at radius 2 is 2.24 bits per heavy atom. The van der Waals surface area contributed by atoms with Gasteiger partial charge < -0.3 is 5.11 Å². The Balaban J connectivity index is 2.06. The van der Waals surface area contributed by atoms with Crippen LogP contribution in [0.3, 0.4) is 0 Å². The maximum Gasteiger partial charge on any atom is 0.250 e. The highest BCUT2D eigenvalue weighted by Crippen LogP contribution is 2.31. The first-order valence-electron chi connectivity index (χ1n) is 5.17. The molecule has 0 unspecified atom stereocenters. The summed E-state index contributed by atoms with van der Waals surface area (Å²) in [6.07, 6.45) is 2.18. The molecule has 0 saturated heterocycles. The highest BCUT2D eigenvalue weighted by molar-refractivity contribution is 7.91. The Morgan fingerprint density at radius 3 is 2.71 bits per heavy atom. The number of aliphatic hydroxyl groups is 1. The van der Waals surface area contributed by atoms with E-state index in [-0.39, 0.29) is 10.8 Å². The fraction of sp³-hybridized carbons (Fsp3) is 0.500. The van der Waals surface area contributed by atoms with Crippen LogP contribution in [0.1, 0.15) is 24.1 Å². The van der Waals surface area contributed by atoms with Crippen LogP contribution in [0, 0.1) is 11.3 Å². The molecule has 0 radical (unpaired) electrons. The molecule has 0 bridgehead atoms. The molecule has 1 heterocycles. The molecule has 1 fully saturated rings. The van der Waals surface area contributed by atoms with Crippen molar-refractivity contribution in [1.29, 1.82) is 5.26 Å². The molecule has 2 N–H and O–H groups in total. The molecule has 5 nitrogen and oxygen atoms in total. The third kappa shape index (κ3) is 2.66. The number of rotatable bonds is 4. The maximum atomic E-state index is 11.8. The molecule has 0 atom stereocenters. The number of nitrogens with zero attached hydrogens (tertiary/aromatic N) is 1. The number of nitriles is 1. The zero-order valence-electron chi connectivity index (χ0n) is 9.01. The highest BCUT2D eigenvalue weighted by atomic mass is 32.2. The number of hydrogen-bond acceptors (Lipinski definition) is 5. The molecule has 1 aromatic heterocycles. The highest BCUT2D eigenvalue weighted by Gasteiger charge is 2.35. The minimum absolute atomic E-state index is 0.0368. The first-order chi connectivity index (χ1) is 7.95. The molecule has 0 spiro atoms. The Labute approximate surface area is 104 Å². The van der Waals surface area contributed by atoms with Gasteiger partial charge in [-0.3, -0.25) is 0 Å². The lowest BCUT2D eigenvalue weighted by Crippen LogP contribution is -2.47. The first kappa shape index (κ1) is 12.5. The van der Waals surface area contributed by atoms with E-state index in [1.165, 1.54) is 12.1 Å². The van der Waals surface area contributed by atoms with Crippen molar-refractivity contribution in [2.24, 2.45) is 0 Å². The zero-order chi connectivity index (χ0) is 12.5. The van der Waals surface area contributed by atoms with Gasteiger partial charge in [-0.2, -0.15) is 5.26 Å². The first-order valence-corrected chi connectivity index (χ1v) is 7.47. The maximum absolute atomic E-state index is 11.8. The van der Waals surface area contributed by atoms with Gasteiger partial charge in [0.25, 0.3) is 0 Å². The van der Waals surface area contributed by atoms with E-state index < -0.39 is 15.6 Å². The van der Waals surface area contributed by atoms with E-state index in [0.717, 1.165) is 17.8 Å². The van der Waals surface area contributed by atoms with Gasteiger partial charge in [0.05, 0.1) is 5.60 Å². The van der Waals surface area contributed by atoms with Gasteiger partial charge in [-0.05, 0) is 31.4 Å². The molecule has 92 valence electrons. The SMILES string of the molecule is N#Cc1ccc(S(=O)(=O)NCC2(O)CCC2)s1. The van der Waals surface area contributed by atoms with Gasteiger partial charge in [-0.25, -0.2) is 13.1 Å². The average molecular weight is 272 g/mol. The van der Waals surface area contributed by atoms with Gasteiger partial charge in [-0.1, -0.05) is 0 Å². The second-order valence-electron chi connectivity index (χ2n) is 4.13. The summed E-state index contributed by atoms with van der Waals surface area (Å²) < 4.78 is 26.1. The van der Waals surface area contributed by atoms with E-state index in [2.05, 4.69) is 4.72 Å². The van der Waals surface area contributed by atoms with Gasteiger partial charge in [0, 0.05) is 6.54 Å². The van der Waals surface area contributed by atoms with E-state index in [1.807, 2.05) is 6.07 Å². The van der Waals surface area contributed by atoms with E-state index in [4.69, 9.17) is 5.26 Å². The Bertz CT molecular complexity index is 552. The number of nitrogens with one attached hydrogen (secondary N) is 1. The third-order valence-electron chi connectivity index (χ3n) is 2.83. The fourth-order valence-corrected chi connectivity index (χ4v) is 3.85. The predicted octanol–water partition coefficient (Wildman–Crippen LogP) is 0.813. The molecular weight excluding hydrogens is 260 g/mol. The second kappa shape index (κ2) is 4.38. The lowest BCUT2D eigenvalue weighted by molar-refractivity contribution is -0.0270. The van der Waals surface area contributed by atoms with Crippen LogP contribution in [-0.4, -0.2) is 25.7 Å². The molecule has 0 amide bonds. The van der Waals surface area contributed by atoms with Gasteiger partial charge in [0.2, 0.25) is 10.0 Å². The summed E-state index contributed by atoms with van der Waals surface area (Å²) in [5.41, 5.74) is -0.887. The van der Waals surface area contributed by atoms with Crippen LogP contribution in [-0.2, 0) is 10.0 Å². The van der Waals surface area contributed by atoms with E-state index in [0.29, 0.717) is 17.7 Å². The molecule has 7 heteroatoms. The molecule has 0 aliphatic heterocycles. The predicted molar refractivity (Wildman–Crippen MR) is 63.0 cm³/mol. The van der Waals surface area contributed by atoms with Crippen LogP contribution in [0.4, 0.5) is 0 Å². The third-order valence-corrected chi connectivity index (χ3v) is 5.71. The Kier molecular flexibility index (Phi) is 3.23. The van der Waals surface area contributed by atoms with Crippen LogP contribution in [0.25, 0.3) is 0 Å². The van der Waals surface area contributed by atoms with Crippen molar-refractivity contribution in [2.75, 3.05) is 6.54 Å². The smallest absolute Gasteiger partial charge is 0.250 e.